The third-order valence-electron chi connectivity index (χ3n) is 0.335. The monoisotopic (exact) mass is 103 g/mol. The van der Waals surface area contributed by atoms with E-state index in [4.69, 9.17) is 0 Å². The molecule has 0 rings (SSSR count). The Kier molecular flexibility index (Phi) is 5.08. The first-order valence-electron chi connectivity index (χ1n) is 1.67. The fraction of sp³-hybridized carbons (Fsp3) is 1.00. The van der Waals surface area contributed by atoms with E-state index in [0.717, 1.165) is 11.8 Å². The molecule has 0 aromatic carbocycles. The van der Waals surface area contributed by atoms with E-state index < -0.39 is 0 Å². The SMILES string of the molecule is [Si]CCCS. The summed E-state index contributed by atoms with van der Waals surface area (Å²) >= 11 is 3.97. The van der Waals surface area contributed by atoms with Gasteiger partial charge in [0.15, 0.2) is 0 Å². The maximum atomic E-state index is 3.97. The standard InChI is InChI=1S/C3H7SSi/c4-2-1-3-5/h4H,1-3H2. The minimum absolute atomic E-state index is 0.990. The lowest BCUT2D eigenvalue weighted by atomic mass is 10.6. The summed E-state index contributed by atoms with van der Waals surface area (Å²) in [4.78, 5) is 0. The zero-order valence-electron chi connectivity index (χ0n) is 3.07. The summed E-state index contributed by atoms with van der Waals surface area (Å²) < 4.78 is 0. The van der Waals surface area contributed by atoms with Crippen molar-refractivity contribution in [3.05, 3.63) is 0 Å². The Labute approximate surface area is 41.8 Å². The highest BCUT2D eigenvalue weighted by Gasteiger charge is 1.69. The molecular formula is C3H7SSi. The van der Waals surface area contributed by atoms with E-state index in [1.807, 2.05) is 0 Å². The van der Waals surface area contributed by atoms with Gasteiger partial charge in [-0.2, -0.15) is 12.6 Å². The molecule has 0 saturated heterocycles. The molecule has 0 N–H and O–H groups in total. The van der Waals surface area contributed by atoms with Gasteiger partial charge >= 0.3 is 0 Å². The van der Waals surface area contributed by atoms with Crippen LogP contribution in [0.1, 0.15) is 6.42 Å². The van der Waals surface area contributed by atoms with Crippen LogP contribution in [0.15, 0.2) is 0 Å². The van der Waals surface area contributed by atoms with E-state index in [9.17, 15) is 0 Å². The van der Waals surface area contributed by atoms with Crippen molar-refractivity contribution in [1.29, 1.82) is 0 Å². The first-order chi connectivity index (χ1) is 2.41. The van der Waals surface area contributed by atoms with Gasteiger partial charge in [-0.25, -0.2) is 0 Å². The Morgan fingerprint density at radius 3 is 2.20 bits per heavy atom. The lowest BCUT2D eigenvalue weighted by Gasteiger charge is -1.78. The maximum Gasteiger partial charge on any atom is 0.0222 e. The van der Waals surface area contributed by atoms with Crippen LogP contribution in [0.5, 0.6) is 0 Å². The first kappa shape index (κ1) is 5.57. The molecule has 0 heterocycles. The predicted molar refractivity (Wildman–Crippen MR) is 29.0 cm³/mol. The molecule has 0 nitrogen and oxygen atoms in total. The van der Waals surface area contributed by atoms with E-state index in [1.54, 1.807) is 0 Å². The molecule has 0 aromatic rings. The van der Waals surface area contributed by atoms with Crippen molar-refractivity contribution in [3.63, 3.8) is 0 Å². The van der Waals surface area contributed by atoms with E-state index in [2.05, 4.69) is 22.9 Å². The number of hydrogen-bond acceptors (Lipinski definition) is 1. The van der Waals surface area contributed by atoms with Crippen molar-refractivity contribution < 1.29 is 0 Å². The van der Waals surface area contributed by atoms with E-state index >= 15 is 0 Å². The largest absolute Gasteiger partial charge is 0.179 e. The van der Waals surface area contributed by atoms with Gasteiger partial charge in [-0.05, 0) is 12.2 Å². The molecular weight excluding hydrogens is 96.2 g/mol. The van der Waals surface area contributed by atoms with Crippen molar-refractivity contribution in [3.8, 4) is 0 Å². The zero-order chi connectivity index (χ0) is 4.12. The van der Waals surface area contributed by atoms with E-state index in [1.165, 1.54) is 6.42 Å². The first-order valence-corrected chi connectivity index (χ1v) is 3.01. The van der Waals surface area contributed by atoms with Crippen LogP contribution in [0.4, 0.5) is 0 Å². The van der Waals surface area contributed by atoms with Crippen LogP contribution in [-0.2, 0) is 0 Å². The number of rotatable bonds is 2. The van der Waals surface area contributed by atoms with Gasteiger partial charge in [0.25, 0.3) is 0 Å². The average molecular weight is 103 g/mol. The van der Waals surface area contributed by atoms with Gasteiger partial charge in [-0.3, -0.25) is 0 Å². The molecule has 3 radical (unpaired) electrons. The van der Waals surface area contributed by atoms with Crippen LogP contribution in [0.2, 0.25) is 6.04 Å². The Bertz CT molecular complexity index is 14.4. The molecule has 0 aliphatic carbocycles. The van der Waals surface area contributed by atoms with Gasteiger partial charge in [-0.1, -0.05) is 6.04 Å². The van der Waals surface area contributed by atoms with Gasteiger partial charge in [0.1, 0.15) is 0 Å². The van der Waals surface area contributed by atoms with E-state index in [-0.39, 0.29) is 0 Å². The van der Waals surface area contributed by atoms with Crippen LogP contribution in [0, 0.1) is 0 Å². The fourth-order valence-corrected chi connectivity index (χ4v) is 0.712. The molecule has 5 heavy (non-hydrogen) atoms. The van der Waals surface area contributed by atoms with Crippen molar-refractivity contribution in [2.24, 2.45) is 0 Å². The van der Waals surface area contributed by atoms with Crippen LogP contribution < -0.4 is 0 Å². The molecule has 29 valence electrons. The zero-order valence-corrected chi connectivity index (χ0v) is 4.96. The second-order valence-corrected chi connectivity index (χ2v) is 1.77. The molecule has 0 unspecified atom stereocenters. The highest BCUT2D eigenvalue weighted by Crippen LogP contribution is 1.84. The Hall–Kier alpha value is 0.567. The van der Waals surface area contributed by atoms with Crippen LogP contribution in [0.25, 0.3) is 0 Å². The molecule has 0 bridgehead atoms. The summed E-state index contributed by atoms with van der Waals surface area (Å²) in [5.74, 6) is 0.990. The highest BCUT2D eigenvalue weighted by molar-refractivity contribution is 7.80. The van der Waals surface area contributed by atoms with Crippen LogP contribution in [0.3, 0.4) is 0 Å². The minimum Gasteiger partial charge on any atom is -0.179 e. The second-order valence-electron chi connectivity index (χ2n) is 0.827. The number of hydrogen-bond donors (Lipinski definition) is 1. The highest BCUT2D eigenvalue weighted by atomic mass is 32.1. The summed E-state index contributed by atoms with van der Waals surface area (Å²) in [7, 11) is 3.30. The smallest absolute Gasteiger partial charge is 0.0222 e. The molecule has 0 aromatic heterocycles. The van der Waals surface area contributed by atoms with Crippen LogP contribution >= 0.6 is 12.6 Å². The Balaban J connectivity index is 2.19. The Morgan fingerprint density at radius 1 is 1.60 bits per heavy atom. The third kappa shape index (κ3) is 4.57. The summed E-state index contributed by atoms with van der Waals surface area (Å²) in [6, 6.07) is 1.07. The van der Waals surface area contributed by atoms with Gasteiger partial charge in [0.05, 0.1) is 0 Å². The number of thiol groups is 1. The topological polar surface area (TPSA) is 0 Å². The summed E-state index contributed by atoms with van der Waals surface area (Å²) in [5, 5.41) is 0. The lowest BCUT2D eigenvalue weighted by Crippen LogP contribution is -1.69. The van der Waals surface area contributed by atoms with Gasteiger partial charge in [0, 0.05) is 10.2 Å². The fourth-order valence-electron chi connectivity index (χ4n) is 0.0791. The van der Waals surface area contributed by atoms with Crippen molar-refractivity contribution in [2.75, 3.05) is 5.75 Å². The molecule has 0 aliphatic rings. The van der Waals surface area contributed by atoms with Crippen LogP contribution in [-0.4, -0.2) is 16.0 Å². The molecule has 0 aliphatic heterocycles. The maximum absolute atomic E-state index is 3.97. The quantitative estimate of drug-likeness (QED) is 0.389. The average Bonchev–Trinajstić information content (AvgIpc) is 1.41. The molecule has 2 heteroatoms. The molecule has 0 spiro atoms. The normalized spacial score (nSPS) is 8.40. The minimum atomic E-state index is 0.990. The molecule has 0 saturated carbocycles. The molecule has 0 atom stereocenters. The van der Waals surface area contributed by atoms with Gasteiger partial charge in [-0.15, -0.1) is 0 Å². The summed E-state index contributed by atoms with van der Waals surface area (Å²) in [6.45, 7) is 0. The second kappa shape index (κ2) is 4.57. The molecule has 0 fully saturated rings. The summed E-state index contributed by atoms with van der Waals surface area (Å²) in [5.41, 5.74) is 0. The van der Waals surface area contributed by atoms with Crippen molar-refractivity contribution >= 4 is 22.9 Å². The lowest BCUT2D eigenvalue weighted by molar-refractivity contribution is 1.11. The Morgan fingerprint density at radius 2 is 2.20 bits per heavy atom. The third-order valence-corrected chi connectivity index (χ3v) is 1.00. The predicted octanol–water partition coefficient (Wildman–Crippen LogP) is 0.893. The van der Waals surface area contributed by atoms with Gasteiger partial charge < -0.3 is 0 Å². The molecule has 0 amide bonds. The van der Waals surface area contributed by atoms with Crippen molar-refractivity contribution in [2.45, 2.75) is 12.5 Å². The van der Waals surface area contributed by atoms with E-state index in [0.29, 0.717) is 0 Å². The van der Waals surface area contributed by atoms with Crippen molar-refractivity contribution in [1.82, 2.24) is 0 Å². The van der Waals surface area contributed by atoms with Gasteiger partial charge in [0.2, 0.25) is 0 Å². The summed E-state index contributed by atoms with van der Waals surface area (Å²) in [6.07, 6.45) is 1.17.